The van der Waals surface area contributed by atoms with Crippen LogP contribution in [0.2, 0.25) is 0 Å². The monoisotopic (exact) mass is 293 g/mol. The highest BCUT2D eigenvalue weighted by atomic mass is 19.2. The average molecular weight is 293 g/mol. The van der Waals surface area contributed by atoms with Gasteiger partial charge in [0.25, 0.3) is 0 Å². The van der Waals surface area contributed by atoms with Crippen LogP contribution in [0.4, 0.5) is 22.0 Å². The van der Waals surface area contributed by atoms with Crippen LogP contribution in [0.1, 0.15) is 32.3 Å². The van der Waals surface area contributed by atoms with Gasteiger partial charge in [-0.25, -0.2) is 22.0 Å². The molecule has 2 nitrogen and oxygen atoms in total. The molecule has 0 atom stereocenters. The fraction of sp³-hybridized carbons (Fsp3) is 0.462. The minimum absolute atomic E-state index is 0.0869. The summed E-state index contributed by atoms with van der Waals surface area (Å²) < 4.78 is 65.3. The van der Waals surface area contributed by atoms with E-state index in [1.165, 1.54) is 0 Å². The Morgan fingerprint density at radius 3 is 1.90 bits per heavy atom. The van der Waals surface area contributed by atoms with Gasteiger partial charge < -0.3 is 4.84 Å². The van der Waals surface area contributed by atoms with Crippen LogP contribution in [-0.2, 0) is 11.4 Å². The van der Waals surface area contributed by atoms with Crippen LogP contribution < -0.4 is 0 Å². The normalized spacial score (nSPS) is 17.2. The molecule has 0 heterocycles. The van der Waals surface area contributed by atoms with E-state index < -0.39 is 41.3 Å². The van der Waals surface area contributed by atoms with Crippen molar-refractivity contribution in [2.75, 3.05) is 0 Å². The van der Waals surface area contributed by atoms with Crippen molar-refractivity contribution in [1.82, 2.24) is 0 Å². The van der Waals surface area contributed by atoms with Crippen LogP contribution in [0.3, 0.4) is 0 Å². The standard InChI is InChI=1S/C13H12F5NO/c1-6(13(2)3-4-13)19-20-5-7-8(14)10(16)12(18)11(17)9(7)15/h3-5H2,1-2H3/b19-6+. The van der Waals surface area contributed by atoms with Crippen molar-refractivity contribution in [2.45, 2.75) is 33.3 Å². The molecule has 1 aromatic carbocycles. The first kappa shape index (κ1) is 14.7. The zero-order valence-electron chi connectivity index (χ0n) is 10.9. The molecule has 110 valence electrons. The third-order valence-corrected chi connectivity index (χ3v) is 3.58. The van der Waals surface area contributed by atoms with Crippen molar-refractivity contribution in [3.05, 3.63) is 34.6 Å². The van der Waals surface area contributed by atoms with Gasteiger partial charge in [-0.2, -0.15) is 0 Å². The molecule has 0 spiro atoms. The Hall–Kier alpha value is -1.66. The number of hydrogen-bond acceptors (Lipinski definition) is 2. The third-order valence-electron chi connectivity index (χ3n) is 3.58. The Morgan fingerprint density at radius 1 is 1.00 bits per heavy atom. The van der Waals surface area contributed by atoms with Crippen molar-refractivity contribution < 1.29 is 26.8 Å². The first-order valence-electron chi connectivity index (χ1n) is 5.95. The highest BCUT2D eigenvalue weighted by Crippen LogP contribution is 2.46. The Morgan fingerprint density at radius 2 is 1.45 bits per heavy atom. The van der Waals surface area contributed by atoms with E-state index in [-0.39, 0.29) is 5.41 Å². The maximum Gasteiger partial charge on any atom is 0.200 e. The first-order chi connectivity index (χ1) is 9.28. The molecule has 1 aliphatic rings. The summed E-state index contributed by atoms with van der Waals surface area (Å²) in [6.45, 7) is 2.80. The summed E-state index contributed by atoms with van der Waals surface area (Å²) in [5.41, 5.74) is -0.489. The lowest BCUT2D eigenvalue weighted by molar-refractivity contribution is 0.121. The minimum Gasteiger partial charge on any atom is -0.391 e. The molecular formula is C13H12F5NO. The van der Waals surface area contributed by atoms with Gasteiger partial charge in [-0.05, 0) is 19.8 Å². The topological polar surface area (TPSA) is 21.6 Å². The van der Waals surface area contributed by atoms with Gasteiger partial charge >= 0.3 is 0 Å². The largest absolute Gasteiger partial charge is 0.391 e. The fourth-order valence-electron chi connectivity index (χ4n) is 1.63. The predicted octanol–water partition coefficient (Wildman–Crippen LogP) is 4.07. The Kier molecular flexibility index (Phi) is 3.71. The Labute approximate surface area is 112 Å². The van der Waals surface area contributed by atoms with Gasteiger partial charge in [-0.3, -0.25) is 0 Å². The van der Waals surface area contributed by atoms with Gasteiger partial charge in [0.05, 0.1) is 11.3 Å². The smallest absolute Gasteiger partial charge is 0.200 e. The summed E-state index contributed by atoms with van der Waals surface area (Å²) in [5.74, 6) is -9.96. The molecule has 0 N–H and O–H groups in total. The van der Waals surface area contributed by atoms with Crippen molar-refractivity contribution in [3.63, 3.8) is 0 Å². The van der Waals surface area contributed by atoms with Crippen molar-refractivity contribution in [1.29, 1.82) is 0 Å². The summed E-state index contributed by atoms with van der Waals surface area (Å²) in [4.78, 5) is 4.71. The second kappa shape index (κ2) is 5.03. The molecule has 1 saturated carbocycles. The highest BCUT2D eigenvalue weighted by molar-refractivity contribution is 5.89. The molecule has 20 heavy (non-hydrogen) atoms. The van der Waals surface area contributed by atoms with Crippen molar-refractivity contribution in [3.8, 4) is 0 Å². The van der Waals surface area contributed by atoms with Crippen LogP contribution in [0.15, 0.2) is 5.16 Å². The van der Waals surface area contributed by atoms with E-state index in [1.807, 2.05) is 6.92 Å². The highest BCUT2D eigenvalue weighted by Gasteiger charge is 2.40. The summed E-state index contributed by atoms with van der Waals surface area (Å²) in [5, 5.41) is 3.66. The van der Waals surface area contributed by atoms with E-state index >= 15 is 0 Å². The minimum atomic E-state index is -2.19. The average Bonchev–Trinajstić information content (AvgIpc) is 3.17. The number of rotatable bonds is 4. The van der Waals surface area contributed by atoms with Crippen LogP contribution in [0.5, 0.6) is 0 Å². The number of oxime groups is 1. The summed E-state index contributed by atoms with van der Waals surface area (Å²) in [6, 6.07) is 0. The molecule has 0 aliphatic heterocycles. The van der Waals surface area contributed by atoms with E-state index in [1.54, 1.807) is 6.92 Å². The lowest BCUT2D eigenvalue weighted by Crippen LogP contribution is -2.10. The van der Waals surface area contributed by atoms with E-state index in [2.05, 4.69) is 5.16 Å². The van der Waals surface area contributed by atoms with E-state index in [4.69, 9.17) is 4.84 Å². The number of halogens is 5. The summed E-state index contributed by atoms with van der Waals surface area (Å²) in [6.07, 6.45) is 1.85. The van der Waals surface area contributed by atoms with Gasteiger partial charge in [0.2, 0.25) is 5.82 Å². The van der Waals surface area contributed by atoms with Crippen LogP contribution >= 0.6 is 0 Å². The number of hydrogen-bond donors (Lipinski definition) is 0. The summed E-state index contributed by atoms with van der Waals surface area (Å²) >= 11 is 0. The van der Waals surface area contributed by atoms with Crippen LogP contribution in [0.25, 0.3) is 0 Å². The molecule has 0 saturated heterocycles. The number of nitrogens with zero attached hydrogens (tertiary/aromatic N) is 1. The first-order valence-corrected chi connectivity index (χ1v) is 5.95. The molecule has 0 aromatic heterocycles. The molecule has 0 bridgehead atoms. The van der Waals surface area contributed by atoms with Crippen LogP contribution in [-0.4, -0.2) is 5.71 Å². The Bertz CT molecular complexity index is 552. The molecule has 0 radical (unpaired) electrons. The third kappa shape index (κ3) is 2.48. The summed E-state index contributed by atoms with van der Waals surface area (Å²) in [7, 11) is 0. The maximum atomic E-state index is 13.3. The van der Waals surface area contributed by atoms with Gasteiger partial charge in [-0.15, -0.1) is 0 Å². The molecule has 0 unspecified atom stereocenters. The molecule has 1 fully saturated rings. The van der Waals surface area contributed by atoms with Gasteiger partial charge in [-0.1, -0.05) is 12.1 Å². The van der Waals surface area contributed by atoms with Crippen LogP contribution in [0, 0.1) is 34.5 Å². The zero-order chi connectivity index (χ0) is 15.1. The molecule has 1 aliphatic carbocycles. The van der Waals surface area contributed by atoms with E-state index in [9.17, 15) is 22.0 Å². The second-order valence-corrected chi connectivity index (χ2v) is 5.06. The quantitative estimate of drug-likeness (QED) is 0.269. The fourth-order valence-corrected chi connectivity index (χ4v) is 1.63. The van der Waals surface area contributed by atoms with E-state index in [0.717, 1.165) is 12.8 Å². The molecule has 0 amide bonds. The second-order valence-electron chi connectivity index (χ2n) is 5.06. The molecule has 2 rings (SSSR count). The lowest BCUT2D eigenvalue weighted by Gasteiger charge is -2.09. The van der Waals surface area contributed by atoms with Gasteiger partial charge in [0.1, 0.15) is 6.61 Å². The Balaban J connectivity index is 2.18. The van der Waals surface area contributed by atoms with Crippen molar-refractivity contribution >= 4 is 5.71 Å². The predicted molar refractivity (Wildman–Crippen MR) is 61.5 cm³/mol. The zero-order valence-corrected chi connectivity index (χ0v) is 10.9. The van der Waals surface area contributed by atoms with Gasteiger partial charge in [0.15, 0.2) is 23.3 Å². The molecular weight excluding hydrogens is 281 g/mol. The lowest BCUT2D eigenvalue weighted by atomic mass is 10.1. The van der Waals surface area contributed by atoms with Crippen molar-refractivity contribution in [2.24, 2.45) is 10.6 Å². The molecule has 1 aromatic rings. The van der Waals surface area contributed by atoms with E-state index in [0.29, 0.717) is 5.71 Å². The maximum absolute atomic E-state index is 13.3. The molecule has 7 heteroatoms. The SMILES string of the molecule is C/C(=N\OCc1c(F)c(F)c(F)c(F)c1F)C1(C)CC1. The number of benzene rings is 1. The van der Waals surface area contributed by atoms with Gasteiger partial charge in [0, 0.05) is 5.41 Å².